The van der Waals surface area contributed by atoms with Crippen molar-refractivity contribution < 1.29 is 9.18 Å². The highest BCUT2D eigenvalue weighted by molar-refractivity contribution is 5.78. The van der Waals surface area contributed by atoms with E-state index in [-0.39, 0.29) is 29.9 Å². The molecule has 1 N–H and O–H groups in total. The molecule has 140 valence electrons. The van der Waals surface area contributed by atoms with Crippen LogP contribution in [0, 0.1) is 5.82 Å². The van der Waals surface area contributed by atoms with Gasteiger partial charge in [0.25, 0.3) is 5.56 Å². The summed E-state index contributed by atoms with van der Waals surface area (Å²) in [6.07, 6.45) is 8.22. The Hall–Kier alpha value is -3.03. The van der Waals surface area contributed by atoms with E-state index < -0.39 is 0 Å². The summed E-state index contributed by atoms with van der Waals surface area (Å²) >= 11 is 0. The van der Waals surface area contributed by atoms with Gasteiger partial charge in [-0.2, -0.15) is 5.10 Å². The van der Waals surface area contributed by atoms with Gasteiger partial charge in [-0.05, 0) is 37.1 Å². The van der Waals surface area contributed by atoms with E-state index in [0.29, 0.717) is 16.7 Å². The first-order chi connectivity index (χ1) is 13.1. The van der Waals surface area contributed by atoms with Crippen molar-refractivity contribution in [1.82, 2.24) is 24.6 Å². The maximum absolute atomic E-state index is 13.1. The van der Waals surface area contributed by atoms with E-state index in [1.807, 2.05) is 0 Å². The highest BCUT2D eigenvalue weighted by atomic mass is 19.1. The molecule has 27 heavy (non-hydrogen) atoms. The Morgan fingerprint density at radius 3 is 2.67 bits per heavy atom. The van der Waals surface area contributed by atoms with Gasteiger partial charge in [-0.3, -0.25) is 14.2 Å². The number of carbonyl (C=O) groups is 1. The van der Waals surface area contributed by atoms with Gasteiger partial charge in [-0.1, -0.05) is 19.3 Å². The van der Waals surface area contributed by atoms with Gasteiger partial charge in [0.15, 0.2) is 5.65 Å². The lowest BCUT2D eigenvalue weighted by Gasteiger charge is -2.22. The lowest BCUT2D eigenvalue weighted by Crippen LogP contribution is -2.39. The smallest absolute Gasteiger partial charge is 0.264 e. The van der Waals surface area contributed by atoms with Gasteiger partial charge in [-0.25, -0.2) is 14.1 Å². The van der Waals surface area contributed by atoms with E-state index >= 15 is 0 Å². The first-order valence-electron chi connectivity index (χ1n) is 9.10. The summed E-state index contributed by atoms with van der Waals surface area (Å²) in [7, 11) is 0. The van der Waals surface area contributed by atoms with E-state index in [0.717, 1.165) is 25.7 Å². The molecule has 1 saturated carbocycles. The van der Waals surface area contributed by atoms with Gasteiger partial charge in [-0.15, -0.1) is 0 Å². The number of aromatic nitrogens is 4. The van der Waals surface area contributed by atoms with E-state index in [1.54, 1.807) is 12.1 Å². The van der Waals surface area contributed by atoms with Gasteiger partial charge < -0.3 is 5.32 Å². The monoisotopic (exact) mass is 369 g/mol. The number of benzene rings is 1. The minimum absolute atomic E-state index is 0.0694. The summed E-state index contributed by atoms with van der Waals surface area (Å²) in [5, 5.41) is 7.50. The van der Waals surface area contributed by atoms with Crippen LogP contribution in [0.2, 0.25) is 0 Å². The fourth-order valence-corrected chi connectivity index (χ4v) is 3.51. The highest BCUT2D eigenvalue weighted by Gasteiger charge is 2.17. The number of carbonyl (C=O) groups excluding carboxylic acids is 1. The molecular formula is C19H20FN5O2. The lowest BCUT2D eigenvalue weighted by molar-refractivity contribution is -0.122. The summed E-state index contributed by atoms with van der Waals surface area (Å²) in [5.74, 6) is -0.536. The molecule has 1 aromatic carbocycles. The Balaban J connectivity index is 1.56. The molecule has 1 aliphatic rings. The van der Waals surface area contributed by atoms with Crippen molar-refractivity contribution in [3.63, 3.8) is 0 Å². The molecule has 2 heterocycles. The third-order valence-electron chi connectivity index (χ3n) is 4.91. The molecule has 1 fully saturated rings. The molecule has 0 bridgehead atoms. The van der Waals surface area contributed by atoms with Crippen LogP contribution in [-0.4, -0.2) is 31.3 Å². The standard InChI is InChI=1S/C19H20FN5O2/c20-13-6-8-15(9-7-13)25-18-16(10-22-25)19(27)24(12-21-18)11-17(26)23-14-4-2-1-3-5-14/h6-10,12,14H,1-5,11H2,(H,23,26). The summed E-state index contributed by atoms with van der Waals surface area (Å²) in [4.78, 5) is 29.2. The Bertz CT molecular complexity index is 1020. The normalized spacial score (nSPS) is 15.1. The van der Waals surface area contributed by atoms with Crippen molar-refractivity contribution in [2.45, 2.75) is 44.7 Å². The van der Waals surface area contributed by atoms with Gasteiger partial charge in [0.05, 0.1) is 11.9 Å². The van der Waals surface area contributed by atoms with Crippen LogP contribution in [0.15, 0.2) is 41.6 Å². The van der Waals surface area contributed by atoms with Crippen LogP contribution in [0.1, 0.15) is 32.1 Å². The molecule has 3 aromatic rings. The molecule has 1 aliphatic carbocycles. The zero-order valence-corrected chi connectivity index (χ0v) is 14.8. The first-order valence-corrected chi connectivity index (χ1v) is 9.10. The zero-order valence-electron chi connectivity index (χ0n) is 14.8. The van der Waals surface area contributed by atoms with E-state index in [1.165, 1.54) is 40.3 Å². The van der Waals surface area contributed by atoms with Crippen LogP contribution in [0.25, 0.3) is 16.7 Å². The summed E-state index contributed by atoms with van der Waals surface area (Å²) < 4.78 is 15.9. The van der Waals surface area contributed by atoms with Crippen molar-refractivity contribution in [2.24, 2.45) is 0 Å². The van der Waals surface area contributed by atoms with Crippen molar-refractivity contribution >= 4 is 16.9 Å². The number of amides is 1. The van der Waals surface area contributed by atoms with Crippen molar-refractivity contribution in [3.8, 4) is 5.69 Å². The molecule has 0 saturated heterocycles. The van der Waals surface area contributed by atoms with Crippen LogP contribution >= 0.6 is 0 Å². The maximum Gasteiger partial charge on any atom is 0.264 e. The van der Waals surface area contributed by atoms with Gasteiger partial charge >= 0.3 is 0 Å². The van der Waals surface area contributed by atoms with Crippen LogP contribution in [0.4, 0.5) is 4.39 Å². The SMILES string of the molecule is O=C(Cn1cnc2c(cnn2-c2ccc(F)cc2)c1=O)NC1CCCCC1. The van der Waals surface area contributed by atoms with Gasteiger partial charge in [0, 0.05) is 6.04 Å². The van der Waals surface area contributed by atoms with Crippen molar-refractivity contribution in [3.05, 3.63) is 53.0 Å². The second kappa shape index (κ2) is 7.30. The Kier molecular flexibility index (Phi) is 4.70. The number of rotatable bonds is 4. The average Bonchev–Trinajstić information content (AvgIpc) is 3.10. The Morgan fingerprint density at radius 2 is 1.93 bits per heavy atom. The minimum atomic E-state index is -0.352. The van der Waals surface area contributed by atoms with Crippen LogP contribution < -0.4 is 10.9 Å². The third kappa shape index (κ3) is 3.60. The van der Waals surface area contributed by atoms with Crippen molar-refractivity contribution in [1.29, 1.82) is 0 Å². The van der Waals surface area contributed by atoms with E-state index in [2.05, 4.69) is 15.4 Å². The Morgan fingerprint density at radius 1 is 1.19 bits per heavy atom. The fourth-order valence-electron chi connectivity index (χ4n) is 3.51. The molecule has 0 radical (unpaired) electrons. The largest absolute Gasteiger partial charge is 0.352 e. The van der Waals surface area contributed by atoms with Crippen LogP contribution in [0.5, 0.6) is 0 Å². The van der Waals surface area contributed by atoms with Gasteiger partial charge in [0.2, 0.25) is 5.91 Å². The number of halogens is 1. The predicted molar refractivity (Wildman–Crippen MR) is 98.1 cm³/mol. The molecule has 1 amide bonds. The molecule has 0 unspecified atom stereocenters. The number of hydrogen-bond donors (Lipinski definition) is 1. The zero-order chi connectivity index (χ0) is 18.8. The molecule has 8 heteroatoms. The lowest BCUT2D eigenvalue weighted by atomic mass is 9.95. The maximum atomic E-state index is 13.1. The van der Waals surface area contributed by atoms with Crippen LogP contribution in [-0.2, 0) is 11.3 Å². The minimum Gasteiger partial charge on any atom is -0.352 e. The third-order valence-corrected chi connectivity index (χ3v) is 4.91. The second-order valence-electron chi connectivity index (χ2n) is 6.85. The van der Waals surface area contributed by atoms with Gasteiger partial charge in [0.1, 0.15) is 24.1 Å². The molecule has 0 aliphatic heterocycles. The molecule has 2 aromatic heterocycles. The van der Waals surface area contributed by atoms with E-state index in [9.17, 15) is 14.0 Å². The van der Waals surface area contributed by atoms with Crippen molar-refractivity contribution in [2.75, 3.05) is 0 Å². The summed E-state index contributed by atoms with van der Waals surface area (Å²) in [6.45, 7) is -0.0694. The molecule has 0 spiro atoms. The molecule has 7 nitrogen and oxygen atoms in total. The summed E-state index contributed by atoms with van der Waals surface area (Å²) in [5.41, 5.74) is 0.647. The average molecular weight is 369 g/mol. The Labute approximate surface area is 154 Å². The number of nitrogens with zero attached hydrogens (tertiary/aromatic N) is 4. The predicted octanol–water partition coefficient (Wildman–Crippen LogP) is 2.17. The quantitative estimate of drug-likeness (QED) is 0.764. The second-order valence-corrected chi connectivity index (χ2v) is 6.85. The topological polar surface area (TPSA) is 81.8 Å². The molecule has 4 rings (SSSR count). The van der Waals surface area contributed by atoms with E-state index in [4.69, 9.17) is 0 Å². The number of hydrogen-bond acceptors (Lipinski definition) is 4. The highest BCUT2D eigenvalue weighted by Crippen LogP contribution is 2.17. The molecular weight excluding hydrogens is 349 g/mol. The first kappa shape index (κ1) is 17.4. The van der Waals surface area contributed by atoms with Crippen LogP contribution in [0.3, 0.4) is 0 Å². The summed E-state index contributed by atoms with van der Waals surface area (Å²) in [6, 6.07) is 5.96. The number of fused-ring (bicyclic) bond motifs is 1. The molecule has 0 atom stereocenters. The fraction of sp³-hybridized carbons (Fsp3) is 0.368. The number of nitrogens with one attached hydrogen (secondary N) is 1.